The van der Waals surface area contributed by atoms with Crippen LogP contribution in [0.25, 0.3) is 0 Å². The summed E-state index contributed by atoms with van der Waals surface area (Å²) in [7, 11) is 1.79. The molecule has 1 aromatic heterocycles. The van der Waals surface area contributed by atoms with Gasteiger partial charge in [-0.1, -0.05) is 18.5 Å². The Hall–Kier alpha value is -0.830. The molecule has 0 spiro atoms. The van der Waals surface area contributed by atoms with Crippen molar-refractivity contribution in [1.82, 2.24) is 9.78 Å². The molecule has 1 saturated carbocycles. The summed E-state index contributed by atoms with van der Waals surface area (Å²) in [5.74, 6) is 1.13. The highest BCUT2D eigenvalue weighted by molar-refractivity contribution is 6.30. The van der Waals surface area contributed by atoms with Gasteiger partial charge in [-0.05, 0) is 19.3 Å². The van der Waals surface area contributed by atoms with Crippen LogP contribution in [0.1, 0.15) is 24.6 Å². The minimum absolute atomic E-state index is 0.265. The normalized spacial score (nSPS) is 24.3. The zero-order valence-corrected chi connectivity index (χ0v) is 10.0. The summed E-state index contributed by atoms with van der Waals surface area (Å²) in [5.41, 5.74) is 1.76. The number of ketones is 1. The monoisotopic (exact) mass is 226 g/mol. The maximum Gasteiger partial charge on any atom is 0.140 e. The van der Waals surface area contributed by atoms with E-state index in [-0.39, 0.29) is 5.92 Å². The van der Waals surface area contributed by atoms with E-state index >= 15 is 0 Å². The van der Waals surface area contributed by atoms with Crippen LogP contribution in [0.5, 0.6) is 0 Å². The van der Waals surface area contributed by atoms with Crippen molar-refractivity contribution in [2.24, 2.45) is 18.9 Å². The molecule has 1 aliphatic rings. The van der Waals surface area contributed by atoms with Gasteiger partial charge in [0.25, 0.3) is 0 Å². The summed E-state index contributed by atoms with van der Waals surface area (Å²) in [6.45, 7) is 4.01. The maximum atomic E-state index is 11.8. The molecule has 0 aromatic carbocycles. The predicted octanol–water partition coefficient (Wildman–Crippen LogP) is 2.15. The number of hydrogen-bond donors (Lipinski definition) is 0. The van der Waals surface area contributed by atoms with Gasteiger partial charge in [0, 0.05) is 24.9 Å². The second kappa shape index (κ2) is 3.63. The molecule has 15 heavy (non-hydrogen) atoms. The molecule has 2 atom stereocenters. The molecule has 1 fully saturated rings. The van der Waals surface area contributed by atoms with Crippen LogP contribution < -0.4 is 0 Å². The van der Waals surface area contributed by atoms with Crippen LogP contribution in [0.4, 0.5) is 0 Å². The van der Waals surface area contributed by atoms with Crippen molar-refractivity contribution >= 4 is 17.4 Å². The number of carbonyl (C=O) groups excluding carboxylic acids is 1. The van der Waals surface area contributed by atoms with Crippen molar-refractivity contribution in [3.8, 4) is 0 Å². The molecule has 3 nitrogen and oxygen atoms in total. The first-order valence-electron chi connectivity index (χ1n) is 5.21. The number of aromatic nitrogens is 2. The van der Waals surface area contributed by atoms with Crippen molar-refractivity contribution in [2.45, 2.75) is 26.7 Å². The minimum Gasteiger partial charge on any atom is -0.299 e. The van der Waals surface area contributed by atoms with E-state index < -0.39 is 0 Å². The van der Waals surface area contributed by atoms with E-state index in [4.69, 9.17) is 11.6 Å². The smallest absolute Gasteiger partial charge is 0.140 e. The van der Waals surface area contributed by atoms with Crippen molar-refractivity contribution in [1.29, 1.82) is 0 Å². The van der Waals surface area contributed by atoms with Crippen molar-refractivity contribution < 1.29 is 4.79 Å². The van der Waals surface area contributed by atoms with Gasteiger partial charge in [-0.3, -0.25) is 9.48 Å². The number of Topliss-reactive ketones (excluding diaryl/α,β-unsaturated/α-hetero) is 1. The summed E-state index contributed by atoms with van der Waals surface area (Å²) in [6, 6.07) is 0. The zero-order valence-electron chi connectivity index (χ0n) is 9.25. The quantitative estimate of drug-likeness (QED) is 0.792. The molecule has 1 aliphatic carbocycles. The number of rotatable bonds is 3. The van der Waals surface area contributed by atoms with Crippen molar-refractivity contribution in [3.63, 3.8) is 0 Å². The Morgan fingerprint density at radius 1 is 1.67 bits per heavy atom. The van der Waals surface area contributed by atoms with E-state index in [1.165, 1.54) is 0 Å². The van der Waals surface area contributed by atoms with Crippen LogP contribution >= 0.6 is 11.6 Å². The van der Waals surface area contributed by atoms with Crippen LogP contribution in [0.15, 0.2) is 0 Å². The fourth-order valence-corrected chi connectivity index (χ4v) is 2.19. The average molecular weight is 227 g/mol. The molecular formula is C11H15ClN2O. The van der Waals surface area contributed by atoms with Crippen LogP contribution in [-0.2, 0) is 18.3 Å². The van der Waals surface area contributed by atoms with Gasteiger partial charge in [-0.15, -0.1) is 0 Å². The van der Waals surface area contributed by atoms with Gasteiger partial charge >= 0.3 is 0 Å². The molecule has 0 bridgehead atoms. The summed E-state index contributed by atoms with van der Waals surface area (Å²) in [5, 5.41) is 4.79. The standard InChI is InChI=1S/C11H15ClN2O/c1-6-4-8(6)10(15)5-9-7(2)13-14(3)11(9)12/h6,8H,4-5H2,1-3H3. The van der Waals surface area contributed by atoms with Crippen LogP contribution in [-0.4, -0.2) is 15.6 Å². The van der Waals surface area contributed by atoms with Crippen LogP contribution in [0.3, 0.4) is 0 Å². The molecule has 1 heterocycles. The highest BCUT2D eigenvalue weighted by atomic mass is 35.5. The molecule has 82 valence electrons. The highest BCUT2D eigenvalue weighted by Crippen LogP contribution is 2.39. The van der Waals surface area contributed by atoms with Crippen LogP contribution in [0, 0.1) is 18.8 Å². The van der Waals surface area contributed by atoms with Crippen molar-refractivity contribution in [2.75, 3.05) is 0 Å². The Kier molecular flexibility index (Phi) is 2.59. The van der Waals surface area contributed by atoms with Gasteiger partial charge in [0.15, 0.2) is 0 Å². The van der Waals surface area contributed by atoms with Gasteiger partial charge < -0.3 is 0 Å². The van der Waals surface area contributed by atoms with E-state index in [0.29, 0.717) is 23.3 Å². The zero-order chi connectivity index (χ0) is 11.2. The third kappa shape index (κ3) is 1.93. The second-order valence-electron chi connectivity index (χ2n) is 4.44. The molecule has 0 aliphatic heterocycles. The van der Waals surface area contributed by atoms with Gasteiger partial charge in [-0.25, -0.2) is 0 Å². The van der Waals surface area contributed by atoms with Crippen LogP contribution in [0.2, 0.25) is 5.15 Å². The fraction of sp³-hybridized carbons (Fsp3) is 0.636. The van der Waals surface area contributed by atoms with Crippen molar-refractivity contribution in [3.05, 3.63) is 16.4 Å². The number of carbonyl (C=O) groups is 1. The van der Waals surface area contributed by atoms with Gasteiger partial charge in [0.2, 0.25) is 0 Å². The first-order chi connectivity index (χ1) is 7.00. The number of halogens is 1. The van der Waals surface area contributed by atoms with E-state index in [2.05, 4.69) is 12.0 Å². The molecule has 4 heteroatoms. The highest BCUT2D eigenvalue weighted by Gasteiger charge is 2.39. The van der Waals surface area contributed by atoms with E-state index in [1.54, 1.807) is 11.7 Å². The number of hydrogen-bond acceptors (Lipinski definition) is 2. The lowest BCUT2D eigenvalue weighted by atomic mass is 10.1. The third-order valence-corrected chi connectivity index (χ3v) is 3.62. The topological polar surface area (TPSA) is 34.9 Å². The minimum atomic E-state index is 0.265. The lowest BCUT2D eigenvalue weighted by Crippen LogP contribution is -2.07. The SMILES string of the molecule is Cc1nn(C)c(Cl)c1CC(=O)C1CC1C. The fourth-order valence-electron chi connectivity index (χ4n) is 1.95. The van der Waals surface area contributed by atoms with E-state index in [9.17, 15) is 4.79 Å². The second-order valence-corrected chi connectivity index (χ2v) is 4.80. The lowest BCUT2D eigenvalue weighted by molar-refractivity contribution is -0.119. The summed E-state index contributed by atoms with van der Waals surface area (Å²) in [4.78, 5) is 11.8. The molecule has 1 aromatic rings. The molecule has 0 radical (unpaired) electrons. The van der Waals surface area contributed by atoms with E-state index in [1.807, 2.05) is 6.92 Å². The molecule has 0 saturated heterocycles. The Bertz CT molecular complexity index is 411. The van der Waals surface area contributed by atoms with Gasteiger partial charge in [-0.2, -0.15) is 5.10 Å². The van der Waals surface area contributed by atoms with Gasteiger partial charge in [0.05, 0.1) is 5.69 Å². The largest absolute Gasteiger partial charge is 0.299 e. The molecule has 2 unspecified atom stereocenters. The summed E-state index contributed by atoms with van der Waals surface area (Å²) in [6.07, 6.45) is 1.48. The Morgan fingerprint density at radius 3 is 2.67 bits per heavy atom. The molecular weight excluding hydrogens is 212 g/mol. The molecule has 0 N–H and O–H groups in total. The van der Waals surface area contributed by atoms with E-state index in [0.717, 1.165) is 17.7 Å². The predicted molar refractivity (Wildman–Crippen MR) is 58.9 cm³/mol. The number of nitrogens with zero attached hydrogens (tertiary/aromatic N) is 2. The summed E-state index contributed by atoms with van der Waals surface area (Å²) >= 11 is 6.07. The first kappa shape index (κ1) is 10.7. The third-order valence-electron chi connectivity index (χ3n) is 3.14. The molecule has 0 amide bonds. The van der Waals surface area contributed by atoms with Gasteiger partial charge in [0.1, 0.15) is 10.9 Å². The first-order valence-corrected chi connectivity index (χ1v) is 5.59. The Morgan fingerprint density at radius 2 is 2.27 bits per heavy atom. The average Bonchev–Trinajstić information content (AvgIpc) is 2.84. The Balaban J connectivity index is 2.13. The number of aryl methyl sites for hydroxylation is 2. The summed E-state index contributed by atoms with van der Waals surface area (Å²) < 4.78 is 1.62. The molecule has 2 rings (SSSR count). The maximum absolute atomic E-state index is 11.8. The Labute approximate surface area is 94.4 Å². The lowest BCUT2D eigenvalue weighted by Gasteiger charge is -1.99.